The molecule has 1 heterocycles. The molecule has 1 rings (SSSR count). The highest BCUT2D eigenvalue weighted by molar-refractivity contribution is 5.95. The lowest BCUT2D eigenvalue weighted by molar-refractivity contribution is -0.148. The second kappa shape index (κ2) is 7.78. The zero-order valence-corrected chi connectivity index (χ0v) is 12.4. The van der Waals surface area contributed by atoms with Gasteiger partial charge in [0, 0.05) is 13.1 Å². The number of carboxylic acid groups (broad SMARTS) is 1. The zero-order valence-electron chi connectivity index (χ0n) is 12.4. The summed E-state index contributed by atoms with van der Waals surface area (Å²) in [7, 11) is 0. The van der Waals surface area contributed by atoms with Gasteiger partial charge in [-0.05, 0) is 19.4 Å². The van der Waals surface area contributed by atoms with Crippen LogP contribution in [0.1, 0.15) is 26.2 Å². The molecule has 1 fully saturated rings. The summed E-state index contributed by atoms with van der Waals surface area (Å²) in [4.78, 5) is 36.3. The molecule has 0 aromatic carbocycles. The van der Waals surface area contributed by atoms with Gasteiger partial charge in [0.05, 0.1) is 12.0 Å². The first-order chi connectivity index (χ1) is 9.93. The average Bonchev–Trinajstić information content (AvgIpc) is 2.81. The van der Waals surface area contributed by atoms with E-state index in [4.69, 9.17) is 0 Å². The fourth-order valence-corrected chi connectivity index (χ4v) is 2.64. The van der Waals surface area contributed by atoms with Gasteiger partial charge < -0.3 is 10.4 Å². The van der Waals surface area contributed by atoms with Gasteiger partial charge in [-0.25, -0.2) is 4.79 Å². The van der Waals surface area contributed by atoms with Gasteiger partial charge in [-0.1, -0.05) is 19.4 Å². The van der Waals surface area contributed by atoms with Gasteiger partial charge in [0.1, 0.15) is 0 Å². The smallest absolute Gasteiger partial charge is 0.321 e. The molecule has 1 unspecified atom stereocenters. The SMILES string of the molecule is C=CCNC(=O)NC(=O)CN1CCC(CCC)(C(=O)O)C1. The normalized spacial score (nSPS) is 21.8. The number of amides is 3. The first kappa shape index (κ1) is 17.2. The van der Waals surface area contributed by atoms with Crippen molar-refractivity contribution in [1.82, 2.24) is 15.5 Å². The predicted octanol–water partition coefficient (Wildman–Crippen LogP) is 0.575. The summed E-state index contributed by atoms with van der Waals surface area (Å²) in [5.41, 5.74) is -0.764. The van der Waals surface area contributed by atoms with Gasteiger partial charge in [-0.15, -0.1) is 6.58 Å². The van der Waals surface area contributed by atoms with Gasteiger partial charge in [0.25, 0.3) is 0 Å². The quantitative estimate of drug-likeness (QED) is 0.597. The van der Waals surface area contributed by atoms with E-state index in [1.165, 1.54) is 6.08 Å². The molecule has 7 heteroatoms. The molecule has 0 radical (unpaired) electrons. The molecule has 0 aromatic rings. The van der Waals surface area contributed by atoms with Crippen LogP contribution in [-0.4, -0.2) is 54.1 Å². The van der Waals surface area contributed by atoms with Crippen LogP contribution in [0.15, 0.2) is 12.7 Å². The first-order valence-electron chi connectivity index (χ1n) is 7.08. The minimum Gasteiger partial charge on any atom is -0.481 e. The third kappa shape index (κ3) is 4.86. The number of aliphatic carboxylic acids is 1. The second-order valence-corrected chi connectivity index (χ2v) is 5.34. The van der Waals surface area contributed by atoms with E-state index in [1.54, 1.807) is 4.90 Å². The van der Waals surface area contributed by atoms with E-state index in [1.807, 2.05) is 6.92 Å². The summed E-state index contributed by atoms with van der Waals surface area (Å²) in [6.45, 7) is 6.60. The topological polar surface area (TPSA) is 98.7 Å². The molecule has 1 aliphatic rings. The molecular weight excluding hydrogens is 274 g/mol. The van der Waals surface area contributed by atoms with Gasteiger partial charge >= 0.3 is 12.0 Å². The van der Waals surface area contributed by atoms with Gasteiger partial charge in [-0.2, -0.15) is 0 Å². The maximum absolute atomic E-state index is 11.7. The van der Waals surface area contributed by atoms with Crippen molar-refractivity contribution in [2.75, 3.05) is 26.2 Å². The molecule has 3 amide bonds. The van der Waals surface area contributed by atoms with Crippen LogP contribution in [0.2, 0.25) is 0 Å². The zero-order chi connectivity index (χ0) is 15.9. The molecule has 1 saturated heterocycles. The Morgan fingerprint density at radius 1 is 1.43 bits per heavy atom. The van der Waals surface area contributed by atoms with Crippen LogP contribution in [0.3, 0.4) is 0 Å². The lowest BCUT2D eigenvalue weighted by atomic mass is 9.83. The summed E-state index contributed by atoms with van der Waals surface area (Å²) < 4.78 is 0. The van der Waals surface area contributed by atoms with Crippen LogP contribution in [0.25, 0.3) is 0 Å². The summed E-state index contributed by atoms with van der Waals surface area (Å²) in [5.74, 6) is -1.25. The molecule has 0 aromatic heterocycles. The third-order valence-electron chi connectivity index (χ3n) is 3.64. The van der Waals surface area contributed by atoms with Gasteiger partial charge in [0.2, 0.25) is 5.91 Å². The Balaban J connectivity index is 2.46. The molecule has 0 spiro atoms. The van der Waals surface area contributed by atoms with Crippen molar-refractivity contribution in [2.24, 2.45) is 5.41 Å². The van der Waals surface area contributed by atoms with E-state index in [0.29, 0.717) is 25.9 Å². The van der Waals surface area contributed by atoms with Gasteiger partial charge in [-0.3, -0.25) is 19.8 Å². The van der Waals surface area contributed by atoms with Crippen molar-refractivity contribution in [2.45, 2.75) is 26.2 Å². The van der Waals surface area contributed by atoms with Crippen molar-refractivity contribution in [1.29, 1.82) is 0 Å². The molecule has 7 nitrogen and oxygen atoms in total. The van der Waals surface area contributed by atoms with E-state index in [2.05, 4.69) is 17.2 Å². The molecule has 0 bridgehead atoms. The Labute approximate surface area is 124 Å². The van der Waals surface area contributed by atoms with E-state index < -0.39 is 23.3 Å². The molecule has 0 aliphatic carbocycles. The lowest BCUT2D eigenvalue weighted by Crippen LogP contribution is -2.45. The maximum Gasteiger partial charge on any atom is 0.321 e. The number of urea groups is 1. The van der Waals surface area contributed by atoms with Crippen LogP contribution >= 0.6 is 0 Å². The van der Waals surface area contributed by atoms with Crippen LogP contribution < -0.4 is 10.6 Å². The van der Waals surface area contributed by atoms with Crippen LogP contribution in [0.4, 0.5) is 4.79 Å². The van der Waals surface area contributed by atoms with Crippen LogP contribution in [0.5, 0.6) is 0 Å². The van der Waals surface area contributed by atoms with E-state index in [0.717, 1.165) is 6.42 Å². The van der Waals surface area contributed by atoms with Crippen molar-refractivity contribution >= 4 is 17.9 Å². The Hall–Kier alpha value is -1.89. The average molecular weight is 297 g/mol. The molecule has 118 valence electrons. The van der Waals surface area contributed by atoms with Crippen molar-refractivity contribution < 1.29 is 19.5 Å². The molecule has 3 N–H and O–H groups in total. The van der Waals surface area contributed by atoms with Crippen LogP contribution in [-0.2, 0) is 9.59 Å². The van der Waals surface area contributed by atoms with Crippen molar-refractivity contribution in [3.8, 4) is 0 Å². The number of nitrogens with one attached hydrogen (secondary N) is 2. The van der Waals surface area contributed by atoms with E-state index in [9.17, 15) is 19.5 Å². The van der Waals surface area contributed by atoms with Crippen LogP contribution in [0, 0.1) is 5.41 Å². The number of hydrogen-bond acceptors (Lipinski definition) is 4. The summed E-state index contributed by atoms with van der Waals surface area (Å²) in [5, 5.41) is 14.0. The third-order valence-corrected chi connectivity index (χ3v) is 3.64. The fraction of sp³-hybridized carbons (Fsp3) is 0.643. The fourth-order valence-electron chi connectivity index (χ4n) is 2.64. The number of imide groups is 1. The van der Waals surface area contributed by atoms with E-state index >= 15 is 0 Å². The minimum absolute atomic E-state index is 0.0280. The highest BCUT2D eigenvalue weighted by Crippen LogP contribution is 2.35. The van der Waals surface area contributed by atoms with Crippen molar-refractivity contribution in [3.05, 3.63) is 12.7 Å². The largest absolute Gasteiger partial charge is 0.481 e. The van der Waals surface area contributed by atoms with Gasteiger partial charge in [0.15, 0.2) is 0 Å². The summed E-state index contributed by atoms with van der Waals surface area (Å²) in [6.07, 6.45) is 3.43. The number of carbonyl (C=O) groups is 3. The Kier molecular flexibility index (Phi) is 6.36. The molecular formula is C14H23N3O4. The number of carbonyl (C=O) groups excluding carboxylic acids is 2. The molecule has 0 saturated carbocycles. The molecule has 1 aliphatic heterocycles. The highest BCUT2D eigenvalue weighted by Gasteiger charge is 2.44. The number of rotatable bonds is 7. The standard InChI is InChI=1S/C14H23N3O4/c1-3-5-14(12(19)20)6-8-17(10-14)9-11(18)16-13(21)15-7-4-2/h4H,2-3,5-10H2,1H3,(H,19,20)(H2,15,16,18,21). The number of carboxylic acids is 1. The summed E-state index contributed by atoms with van der Waals surface area (Å²) >= 11 is 0. The van der Waals surface area contributed by atoms with E-state index in [-0.39, 0.29) is 13.1 Å². The highest BCUT2D eigenvalue weighted by atomic mass is 16.4. The Bertz CT molecular complexity index is 424. The number of hydrogen-bond donors (Lipinski definition) is 3. The molecule has 21 heavy (non-hydrogen) atoms. The molecule has 1 atom stereocenters. The summed E-state index contributed by atoms with van der Waals surface area (Å²) in [6, 6.07) is -0.572. The lowest BCUT2D eigenvalue weighted by Gasteiger charge is -2.24. The first-order valence-corrected chi connectivity index (χ1v) is 7.08. The van der Waals surface area contributed by atoms with Crippen molar-refractivity contribution in [3.63, 3.8) is 0 Å². The predicted molar refractivity (Wildman–Crippen MR) is 77.8 cm³/mol. The number of likely N-dealkylation sites (tertiary alicyclic amines) is 1. The maximum atomic E-state index is 11.7. The Morgan fingerprint density at radius 3 is 2.71 bits per heavy atom. The monoisotopic (exact) mass is 297 g/mol. The number of nitrogens with zero attached hydrogens (tertiary/aromatic N) is 1. The second-order valence-electron chi connectivity index (χ2n) is 5.34. The Morgan fingerprint density at radius 2 is 2.14 bits per heavy atom. The minimum atomic E-state index is -0.809.